The SMILES string of the molecule is [C-]#[N+]/C(=C\c1ccc(N(c2ccccc2)c2ccccc2)cc1)C(=O)O. The van der Waals surface area contributed by atoms with Gasteiger partial charge in [-0.25, -0.2) is 4.85 Å². The van der Waals surface area contributed by atoms with Crippen LogP contribution in [0.5, 0.6) is 0 Å². The Morgan fingerprint density at radius 1 is 0.808 bits per heavy atom. The molecule has 0 spiro atoms. The summed E-state index contributed by atoms with van der Waals surface area (Å²) >= 11 is 0. The van der Waals surface area contributed by atoms with Gasteiger partial charge < -0.3 is 10.0 Å². The second-order valence-electron chi connectivity index (χ2n) is 5.54. The summed E-state index contributed by atoms with van der Waals surface area (Å²) in [5, 5.41) is 8.98. The van der Waals surface area contributed by atoms with Gasteiger partial charge in [-0.3, -0.25) is 4.79 Å². The number of benzene rings is 3. The van der Waals surface area contributed by atoms with Crippen molar-refractivity contribution >= 4 is 29.1 Å². The van der Waals surface area contributed by atoms with Crippen LogP contribution in [0, 0.1) is 6.57 Å². The van der Waals surface area contributed by atoms with Gasteiger partial charge in [-0.2, -0.15) is 0 Å². The van der Waals surface area contributed by atoms with Crippen molar-refractivity contribution in [1.82, 2.24) is 0 Å². The molecule has 3 aromatic rings. The Balaban J connectivity index is 2.01. The van der Waals surface area contributed by atoms with E-state index in [-0.39, 0.29) is 5.70 Å². The first-order valence-corrected chi connectivity index (χ1v) is 8.02. The van der Waals surface area contributed by atoms with Crippen LogP contribution < -0.4 is 4.90 Å². The Kier molecular flexibility index (Phi) is 5.11. The molecule has 0 aromatic heterocycles. The summed E-state index contributed by atoms with van der Waals surface area (Å²) in [4.78, 5) is 16.1. The molecule has 0 saturated heterocycles. The highest BCUT2D eigenvalue weighted by atomic mass is 16.4. The summed E-state index contributed by atoms with van der Waals surface area (Å²) in [5.41, 5.74) is 3.35. The molecule has 0 bridgehead atoms. The van der Waals surface area contributed by atoms with E-state index in [1.165, 1.54) is 6.08 Å². The second kappa shape index (κ2) is 7.82. The first-order chi connectivity index (χ1) is 12.7. The van der Waals surface area contributed by atoms with E-state index in [4.69, 9.17) is 11.7 Å². The quantitative estimate of drug-likeness (QED) is 0.492. The minimum Gasteiger partial charge on any atom is -0.486 e. The molecule has 0 aliphatic heterocycles. The molecule has 3 aromatic carbocycles. The highest BCUT2D eigenvalue weighted by molar-refractivity contribution is 5.94. The van der Waals surface area contributed by atoms with Gasteiger partial charge in [-0.1, -0.05) is 48.5 Å². The molecule has 4 heteroatoms. The molecule has 0 radical (unpaired) electrons. The van der Waals surface area contributed by atoms with Gasteiger partial charge in [0.05, 0.1) is 6.57 Å². The van der Waals surface area contributed by atoms with Crippen LogP contribution in [0.1, 0.15) is 5.56 Å². The van der Waals surface area contributed by atoms with E-state index in [2.05, 4.69) is 9.74 Å². The van der Waals surface area contributed by atoms with Crippen LogP contribution in [-0.4, -0.2) is 11.1 Å². The molecular formula is C22H16N2O2. The summed E-state index contributed by atoms with van der Waals surface area (Å²) in [5.74, 6) is -1.22. The van der Waals surface area contributed by atoms with Crippen molar-refractivity contribution in [3.8, 4) is 0 Å². The number of rotatable bonds is 5. The van der Waals surface area contributed by atoms with Crippen LogP contribution in [-0.2, 0) is 4.79 Å². The second-order valence-corrected chi connectivity index (χ2v) is 5.54. The number of carboxylic acid groups (broad SMARTS) is 1. The number of nitrogens with zero attached hydrogens (tertiary/aromatic N) is 2. The maximum atomic E-state index is 11.0. The maximum Gasteiger partial charge on any atom is 0.333 e. The van der Waals surface area contributed by atoms with Gasteiger partial charge in [-0.15, -0.1) is 0 Å². The fraction of sp³-hybridized carbons (Fsp3) is 0. The lowest BCUT2D eigenvalue weighted by atomic mass is 10.1. The van der Waals surface area contributed by atoms with Crippen molar-refractivity contribution in [1.29, 1.82) is 0 Å². The van der Waals surface area contributed by atoms with Gasteiger partial charge in [0.2, 0.25) is 0 Å². The number of aliphatic carboxylic acids is 1. The maximum absolute atomic E-state index is 11.0. The lowest BCUT2D eigenvalue weighted by Crippen LogP contribution is -2.09. The topological polar surface area (TPSA) is 44.9 Å². The normalized spacial score (nSPS) is 10.8. The average molecular weight is 340 g/mol. The molecule has 0 atom stereocenters. The number of carboxylic acids is 1. The van der Waals surface area contributed by atoms with Gasteiger partial charge in [-0.05, 0) is 48.0 Å². The summed E-state index contributed by atoms with van der Waals surface area (Å²) in [6.45, 7) is 6.94. The summed E-state index contributed by atoms with van der Waals surface area (Å²) in [6, 6.07) is 27.4. The monoisotopic (exact) mass is 340 g/mol. The first kappa shape index (κ1) is 17.0. The van der Waals surface area contributed by atoms with Crippen molar-refractivity contribution in [3.63, 3.8) is 0 Å². The number of hydrogen-bond acceptors (Lipinski definition) is 2. The predicted molar refractivity (Wildman–Crippen MR) is 103 cm³/mol. The Labute approximate surface area is 152 Å². The van der Waals surface area contributed by atoms with Crippen LogP contribution in [0.3, 0.4) is 0 Å². The van der Waals surface area contributed by atoms with E-state index in [0.29, 0.717) is 5.56 Å². The third-order valence-electron chi connectivity index (χ3n) is 3.82. The minimum atomic E-state index is -1.22. The lowest BCUT2D eigenvalue weighted by Gasteiger charge is -2.25. The Morgan fingerprint density at radius 2 is 1.27 bits per heavy atom. The highest BCUT2D eigenvalue weighted by Crippen LogP contribution is 2.34. The molecule has 1 N–H and O–H groups in total. The van der Waals surface area contributed by atoms with Gasteiger partial charge in [0.15, 0.2) is 0 Å². The van der Waals surface area contributed by atoms with Gasteiger partial charge in [0, 0.05) is 17.1 Å². The third-order valence-corrected chi connectivity index (χ3v) is 3.82. The standard InChI is InChI=1S/C22H16N2O2/c1-23-21(22(25)26)16-17-12-14-20(15-13-17)24(18-8-4-2-5-9-18)19-10-6-3-7-11-19/h2-16H,(H,25,26)/b21-16-. The molecule has 0 aliphatic rings. The van der Waals surface area contributed by atoms with Crippen molar-refractivity contribution < 1.29 is 9.90 Å². The van der Waals surface area contributed by atoms with E-state index < -0.39 is 5.97 Å². The van der Waals surface area contributed by atoms with E-state index in [1.54, 1.807) is 0 Å². The lowest BCUT2D eigenvalue weighted by molar-refractivity contribution is -0.132. The van der Waals surface area contributed by atoms with Gasteiger partial charge >= 0.3 is 5.97 Å². The molecule has 0 amide bonds. The van der Waals surface area contributed by atoms with Crippen molar-refractivity contribution in [2.75, 3.05) is 4.90 Å². The number of anilines is 3. The molecular weight excluding hydrogens is 324 g/mol. The third kappa shape index (κ3) is 3.80. The Hall–Kier alpha value is -3.84. The fourth-order valence-corrected chi connectivity index (χ4v) is 2.62. The van der Waals surface area contributed by atoms with E-state index in [9.17, 15) is 4.79 Å². The van der Waals surface area contributed by atoms with Crippen LogP contribution in [0.4, 0.5) is 17.1 Å². The van der Waals surface area contributed by atoms with Crippen molar-refractivity contribution in [3.05, 3.63) is 108 Å². The summed E-state index contributed by atoms with van der Waals surface area (Å²) in [6.07, 6.45) is 1.37. The molecule has 126 valence electrons. The predicted octanol–water partition coefficient (Wildman–Crippen LogP) is 5.50. The Bertz CT molecular complexity index is 917. The van der Waals surface area contributed by atoms with Gasteiger partial charge in [0.25, 0.3) is 5.70 Å². The van der Waals surface area contributed by atoms with Crippen LogP contribution in [0.2, 0.25) is 0 Å². The molecule has 26 heavy (non-hydrogen) atoms. The van der Waals surface area contributed by atoms with Crippen molar-refractivity contribution in [2.24, 2.45) is 0 Å². The van der Waals surface area contributed by atoms with Crippen molar-refractivity contribution in [2.45, 2.75) is 0 Å². The fourth-order valence-electron chi connectivity index (χ4n) is 2.62. The highest BCUT2D eigenvalue weighted by Gasteiger charge is 2.12. The number of hydrogen-bond donors (Lipinski definition) is 1. The zero-order valence-corrected chi connectivity index (χ0v) is 13.9. The largest absolute Gasteiger partial charge is 0.486 e. The number of para-hydroxylation sites is 2. The van der Waals surface area contributed by atoms with E-state index >= 15 is 0 Å². The van der Waals surface area contributed by atoms with E-state index in [1.807, 2.05) is 84.9 Å². The van der Waals surface area contributed by atoms with Crippen LogP contribution >= 0.6 is 0 Å². The van der Waals surface area contributed by atoms with Crippen LogP contribution in [0.25, 0.3) is 10.9 Å². The number of carbonyl (C=O) groups is 1. The smallest absolute Gasteiger partial charge is 0.333 e. The molecule has 3 rings (SSSR count). The summed E-state index contributed by atoms with van der Waals surface area (Å²) < 4.78 is 0. The molecule has 0 fully saturated rings. The molecule has 0 heterocycles. The van der Waals surface area contributed by atoms with Gasteiger partial charge in [0.1, 0.15) is 0 Å². The average Bonchev–Trinajstić information content (AvgIpc) is 2.69. The summed E-state index contributed by atoms with van der Waals surface area (Å²) in [7, 11) is 0. The molecule has 4 nitrogen and oxygen atoms in total. The minimum absolute atomic E-state index is 0.305. The Morgan fingerprint density at radius 3 is 1.69 bits per heavy atom. The molecule has 0 saturated carbocycles. The molecule has 0 aliphatic carbocycles. The van der Waals surface area contributed by atoms with Crippen LogP contribution in [0.15, 0.2) is 90.6 Å². The zero-order chi connectivity index (χ0) is 18.4. The zero-order valence-electron chi connectivity index (χ0n) is 13.9. The molecule has 0 unspecified atom stereocenters. The first-order valence-electron chi connectivity index (χ1n) is 8.02. The van der Waals surface area contributed by atoms with E-state index in [0.717, 1.165) is 17.1 Å².